The number of ether oxygens (including phenoxy) is 1. The highest BCUT2D eigenvalue weighted by Gasteiger charge is 2.31. The number of fused-ring (bicyclic) bond motifs is 1. The first-order valence-corrected chi connectivity index (χ1v) is 7.72. The number of amides is 1. The lowest BCUT2D eigenvalue weighted by Gasteiger charge is -2.31. The van der Waals surface area contributed by atoms with Crippen molar-refractivity contribution in [2.45, 2.75) is 25.9 Å². The van der Waals surface area contributed by atoms with Gasteiger partial charge in [0.1, 0.15) is 5.75 Å². The molecule has 1 aromatic heterocycles. The first-order chi connectivity index (χ1) is 11.6. The first kappa shape index (κ1) is 15.9. The molecule has 1 aliphatic rings. The van der Waals surface area contributed by atoms with Gasteiger partial charge in [-0.15, -0.1) is 0 Å². The van der Waals surface area contributed by atoms with Gasteiger partial charge in [-0.3, -0.25) is 19.9 Å². The number of benzene rings is 1. The largest absolute Gasteiger partial charge is 0.479 e. The molecule has 0 saturated carbocycles. The lowest BCUT2D eigenvalue weighted by atomic mass is 9.99. The summed E-state index contributed by atoms with van der Waals surface area (Å²) in [7, 11) is 0. The quantitative estimate of drug-likeness (QED) is 0.636. The van der Waals surface area contributed by atoms with Crippen LogP contribution in [0.15, 0.2) is 42.7 Å². The van der Waals surface area contributed by atoms with Crippen molar-refractivity contribution in [1.29, 1.82) is 0 Å². The summed E-state index contributed by atoms with van der Waals surface area (Å²) in [6.07, 6.45) is 3.73. The zero-order chi connectivity index (χ0) is 17.1. The van der Waals surface area contributed by atoms with Crippen LogP contribution < -0.4 is 9.64 Å². The maximum absolute atomic E-state index is 12.8. The molecule has 0 bridgehead atoms. The number of nitrogens with zero attached hydrogens (tertiary/aromatic N) is 3. The summed E-state index contributed by atoms with van der Waals surface area (Å²) in [5, 5.41) is 11.2. The van der Waals surface area contributed by atoms with Crippen molar-refractivity contribution in [3.8, 4) is 5.75 Å². The number of anilines is 1. The Kier molecular flexibility index (Phi) is 4.41. The SMILES string of the molecule is CC(Oc1cccnc1)C(=O)N1CCCc2c1cccc2[N+](=O)[O-]. The highest BCUT2D eigenvalue weighted by Crippen LogP contribution is 2.34. The van der Waals surface area contributed by atoms with Gasteiger partial charge >= 0.3 is 0 Å². The van der Waals surface area contributed by atoms with Crippen molar-refractivity contribution in [2.24, 2.45) is 0 Å². The van der Waals surface area contributed by atoms with Crippen LogP contribution in [-0.4, -0.2) is 28.5 Å². The summed E-state index contributed by atoms with van der Waals surface area (Å²) < 4.78 is 5.63. The van der Waals surface area contributed by atoms with Crippen molar-refractivity contribution in [2.75, 3.05) is 11.4 Å². The molecule has 1 amide bonds. The van der Waals surface area contributed by atoms with Crippen LogP contribution in [0.25, 0.3) is 0 Å². The zero-order valence-corrected chi connectivity index (χ0v) is 13.2. The second-order valence-corrected chi connectivity index (χ2v) is 5.57. The summed E-state index contributed by atoms with van der Waals surface area (Å²) in [6, 6.07) is 8.28. The molecule has 0 spiro atoms. The van der Waals surface area contributed by atoms with E-state index in [4.69, 9.17) is 4.74 Å². The zero-order valence-electron chi connectivity index (χ0n) is 13.2. The third kappa shape index (κ3) is 3.05. The Morgan fingerprint density at radius 2 is 2.21 bits per heavy atom. The Hall–Kier alpha value is -2.96. The molecule has 0 saturated heterocycles. The van der Waals surface area contributed by atoms with Gasteiger partial charge in [0.05, 0.1) is 22.4 Å². The first-order valence-electron chi connectivity index (χ1n) is 7.72. The van der Waals surface area contributed by atoms with Gasteiger partial charge in [-0.2, -0.15) is 0 Å². The van der Waals surface area contributed by atoms with Gasteiger partial charge in [-0.1, -0.05) is 6.07 Å². The number of hydrogen-bond donors (Lipinski definition) is 0. The molecule has 1 unspecified atom stereocenters. The number of nitro groups is 1. The number of nitro benzene ring substituents is 1. The topological polar surface area (TPSA) is 85.6 Å². The van der Waals surface area contributed by atoms with Crippen LogP contribution in [0.3, 0.4) is 0 Å². The third-order valence-corrected chi connectivity index (χ3v) is 3.98. The van der Waals surface area contributed by atoms with Gasteiger partial charge in [-0.25, -0.2) is 0 Å². The molecule has 1 aliphatic heterocycles. The van der Waals surface area contributed by atoms with Gasteiger partial charge in [0.15, 0.2) is 6.10 Å². The predicted molar refractivity (Wildman–Crippen MR) is 88.1 cm³/mol. The van der Waals surface area contributed by atoms with E-state index in [-0.39, 0.29) is 11.6 Å². The van der Waals surface area contributed by atoms with Gasteiger partial charge < -0.3 is 9.64 Å². The number of hydrogen-bond acceptors (Lipinski definition) is 5. The predicted octanol–water partition coefficient (Wildman–Crippen LogP) is 2.74. The van der Waals surface area contributed by atoms with Gasteiger partial charge in [0, 0.05) is 18.8 Å². The average Bonchev–Trinajstić information content (AvgIpc) is 2.60. The molecule has 0 aliphatic carbocycles. The van der Waals surface area contributed by atoms with Gasteiger partial charge in [0.2, 0.25) is 0 Å². The Labute approximate surface area is 139 Å². The lowest BCUT2D eigenvalue weighted by Crippen LogP contribution is -2.43. The highest BCUT2D eigenvalue weighted by molar-refractivity contribution is 5.98. The monoisotopic (exact) mass is 327 g/mol. The second kappa shape index (κ2) is 6.66. The van der Waals surface area contributed by atoms with Crippen LogP contribution >= 0.6 is 0 Å². The Morgan fingerprint density at radius 3 is 2.92 bits per heavy atom. The average molecular weight is 327 g/mol. The maximum Gasteiger partial charge on any atom is 0.274 e. The van der Waals surface area contributed by atoms with Crippen molar-refractivity contribution in [3.63, 3.8) is 0 Å². The Bertz CT molecular complexity index is 764. The normalized spacial score (nSPS) is 14.6. The van der Waals surface area contributed by atoms with Crippen LogP contribution in [-0.2, 0) is 11.2 Å². The smallest absolute Gasteiger partial charge is 0.274 e. The molecule has 1 aromatic carbocycles. The van der Waals surface area contributed by atoms with Crippen molar-refractivity contribution < 1.29 is 14.5 Å². The van der Waals surface area contributed by atoms with E-state index in [2.05, 4.69) is 4.98 Å². The molecule has 24 heavy (non-hydrogen) atoms. The van der Waals surface area contributed by atoms with E-state index >= 15 is 0 Å². The second-order valence-electron chi connectivity index (χ2n) is 5.57. The molecular weight excluding hydrogens is 310 g/mol. The summed E-state index contributed by atoms with van der Waals surface area (Å²) in [4.78, 5) is 29.1. The van der Waals surface area contributed by atoms with Crippen LogP contribution in [0.1, 0.15) is 18.9 Å². The summed E-state index contributed by atoms with van der Waals surface area (Å²) in [5.74, 6) is 0.287. The molecule has 3 rings (SSSR count). The van der Waals surface area contributed by atoms with E-state index in [9.17, 15) is 14.9 Å². The highest BCUT2D eigenvalue weighted by atomic mass is 16.6. The minimum absolute atomic E-state index is 0.0610. The van der Waals surface area contributed by atoms with E-state index < -0.39 is 11.0 Å². The van der Waals surface area contributed by atoms with E-state index in [0.29, 0.717) is 36.4 Å². The Balaban J connectivity index is 1.85. The standard InChI is InChI=1S/C17H17N3O4/c1-12(24-13-5-3-9-18-11-13)17(21)19-10-4-6-14-15(19)7-2-8-16(14)20(22)23/h2-3,5,7-9,11-12H,4,6,10H2,1H3. The van der Waals surface area contributed by atoms with E-state index in [1.54, 1.807) is 48.5 Å². The van der Waals surface area contributed by atoms with Gasteiger partial charge in [-0.05, 0) is 38.0 Å². The molecule has 124 valence electrons. The fourth-order valence-corrected chi connectivity index (χ4v) is 2.90. The van der Waals surface area contributed by atoms with Crippen LogP contribution in [0.2, 0.25) is 0 Å². The maximum atomic E-state index is 12.8. The number of rotatable bonds is 4. The number of pyridine rings is 1. The molecular formula is C17H17N3O4. The molecule has 2 aromatic rings. The minimum Gasteiger partial charge on any atom is -0.479 e. The molecule has 0 radical (unpaired) electrons. The van der Waals surface area contributed by atoms with Crippen LogP contribution in [0, 0.1) is 10.1 Å². The van der Waals surface area contributed by atoms with Crippen LogP contribution in [0.5, 0.6) is 5.75 Å². The molecule has 0 N–H and O–H groups in total. The van der Waals surface area contributed by atoms with Crippen LogP contribution in [0.4, 0.5) is 11.4 Å². The van der Waals surface area contributed by atoms with Crippen molar-refractivity contribution in [3.05, 3.63) is 58.4 Å². The third-order valence-electron chi connectivity index (χ3n) is 3.98. The van der Waals surface area contributed by atoms with Crippen molar-refractivity contribution in [1.82, 2.24) is 4.98 Å². The van der Waals surface area contributed by atoms with Crippen molar-refractivity contribution >= 4 is 17.3 Å². The fourth-order valence-electron chi connectivity index (χ4n) is 2.90. The minimum atomic E-state index is -0.709. The van der Waals surface area contributed by atoms with E-state index in [1.165, 1.54) is 6.07 Å². The van der Waals surface area contributed by atoms with Gasteiger partial charge in [0.25, 0.3) is 11.6 Å². The molecule has 2 heterocycles. The Morgan fingerprint density at radius 1 is 1.38 bits per heavy atom. The van der Waals surface area contributed by atoms with E-state index in [1.807, 2.05) is 0 Å². The number of aromatic nitrogens is 1. The molecule has 7 heteroatoms. The van der Waals surface area contributed by atoms with E-state index in [0.717, 1.165) is 0 Å². The lowest BCUT2D eigenvalue weighted by molar-refractivity contribution is -0.385. The summed E-state index contributed by atoms with van der Waals surface area (Å²) in [5.41, 5.74) is 1.27. The summed E-state index contributed by atoms with van der Waals surface area (Å²) in [6.45, 7) is 2.19. The number of carbonyl (C=O) groups excluding carboxylic acids is 1. The molecule has 1 atom stereocenters. The number of carbonyl (C=O) groups is 1. The fraction of sp³-hybridized carbons (Fsp3) is 0.294. The summed E-state index contributed by atoms with van der Waals surface area (Å²) >= 11 is 0. The molecule has 0 fully saturated rings. The molecule has 7 nitrogen and oxygen atoms in total.